The largest absolute Gasteiger partial charge is 0.416 e. The molecule has 2 heterocycles. The summed E-state index contributed by atoms with van der Waals surface area (Å²) in [4.78, 5) is 28.1. The number of nitrogens with zero attached hydrogens (tertiary/aromatic N) is 3. The molecule has 0 bridgehead atoms. The van der Waals surface area contributed by atoms with E-state index in [-0.39, 0.29) is 34.9 Å². The summed E-state index contributed by atoms with van der Waals surface area (Å²) in [7, 11) is 0. The van der Waals surface area contributed by atoms with Gasteiger partial charge in [-0.3, -0.25) is 14.9 Å². The average molecular weight is 485 g/mol. The monoisotopic (exact) mass is 485 g/mol. The molecule has 4 rings (SSSR count). The maximum absolute atomic E-state index is 13.2. The molecule has 1 fully saturated rings. The van der Waals surface area contributed by atoms with Gasteiger partial charge in [-0.25, -0.2) is 4.39 Å². The zero-order valence-electron chi connectivity index (χ0n) is 16.5. The molecule has 174 valence electrons. The number of hydrogen-bond donors (Lipinski definition) is 2. The molecule has 2 N–H and O–H groups in total. The molecular weight excluding hydrogens is 470 g/mol. The molecule has 3 aromatic rings. The van der Waals surface area contributed by atoms with Gasteiger partial charge in [-0.1, -0.05) is 23.5 Å². The molecule has 1 saturated heterocycles. The molecule has 13 heteroatoms. The van der Waals surface area contributed by atoms with Gasteiger partial charge in [0.1, 0.15) is 22.2 Å². The molecule has 1 aliphatic rings. The SMILES string of the molecule is O=c1nc(N2CC[C@@](O)(c3ccc(F)cc3)[C@H](O)C2)sc2c([N+](=O)[O-])cc(C(F)(F)F)cc12. The molecule has 8 nitrogen and oxygen atoms in total. The second-order valence-electron chi connectivity index (χ2n) is 7.57. The van der Waals surface area contributed by atoms with Crippen molar-refractivity contribution in [2.45, 2.75) is 24.3 Å². The number of piperidine rings is 1. The highest BCUT2D eigenvalue weighted by molar-refractivity contribution is 7.22. The van der Waals surface area contributed by atoms with Crippen molar-refractivity contribution in [1.82, 2.24) is 4.98 Å². The molecule has 0 saturated carbocycles. The molecule has 2 aromatic carbocycles. The third kappa shape index (κ3) is 4.14. The van der Waals surface area contributed by atoms with E-state index >= 15 is 0 Å². The number of nitro benzene ring substituents is 1. The summed E-state index contributed by atoms with van der Waals surface area (Å²) in [5, 5.41) is 32.4. The summed E-state index contributed by atoms with van der Waals surface area (Å²) >= 11 is 0.645. The summed E-state index contributed by atoms with van der Waals surface area (Å²) in [6.45, 7) is -0.162. The Kier molecular flexibility index (Phi) is 5.58. The number of aliphatic hydroxyl groups excluding tert-OH is 1. The first kappa shape index (κ1) is 23.0. The summed E-state index contributed by atoms with van der Waals surface area (Å²) in [5.74, 6) is -0.519. The Morgan fingerprint density at radius 2 is 1.91 bits per heavy atom. The van der Waals surface area contributed by atoms with Crippen LogP contribution in [0.4, 0.5) is 28.4 Å². The maximum Gasteiger partial charge on any atom is 0.416 e. The van der Waals surface area contributed by atoms with E-state index in [1.54, 1.807) is 0 Å². The number of non-ortho nitro benzene ring substituents is 1. The minimum absolute atomic E-state index is 0.0458. The second-order valence-corrected chi connectivity index (χ2v) is 8.55. The topological polar surface area (TPSA) is 117 Å². The number of hydrogen-bond acceptors (Lipinski definition) is 8. The Bertz CT molecular complexity index is 1300. The number of fused-ring (bicyclic) bond motifs is 1. The van der Waals surface area contributed by atoms with Crippen LogP contribution in [0.15, 0.2) is 41.2 Å². The number of β-amino-alcohol motifs (C(OH)–C–C–N with tert-alkyl or cyclic N) is 1. The standard InChI is InChI=1S/C20H15F4N3O5S/c21-12-3-1-10(2-4-12)19(30)5-6-26(9-15(19)28)18-25-17(29)13-7-11(20(22,23)24)8-14(27(31)32)16(13)33-18/h1-4,7-8,15,28,30H,5-6,9H2/t15-,19-/m1/s1. The lowest BCUT2D eigenvalue weighted by atomic mass is 9.82. The van der Waals surface area contributed by atoms with E-state index in [9.17, 15) is 42.7 Å². The quantitative estimate of drug-likeness (QED) is 0.333. The molecule has 0 spiro atoms. The molecular formula is C20H15F4N3O5S. The van der Waals surface area contributed by atoms with E-state index in [1.165, 1.54) is 17.0 Å². The number of benzene rings is 2. The third-order valence-electron chi connectivity index (χ3n) is 5.54. The zero-order valence-corrected chi connectivity index (χ0v) is 17.4. The molecule has 33 heavy (non-hydrogen) atoms. The van der Waals surface area contributed by atoms with Gasteiger partial charge in [0.05, 0.1) is 15.9 Å². The molecule has 1 aliphatic heterocycles. The van der Waals surface area contributed by atoms with E-state index in [1.807, 2.05) is 0 Å². The first-order valence-corrected chi connectivity index (χ1v) is 10.3. The number of aromatic nitrogens is 1. The van der Waals surface area contributed by atoms with Crippen molar-refractivity contribution < 1.29 is 32.7 Å². The fourth-order valence-electron chi connectivity index (χ4n) is 3.75. The first-order chi connectivity index (χ1) is 15.4. The number of anilines is 1. The Hall–Kier alpha value is -3.16. The van der Waals surface area contributed by atoms with E-state index in [4.69, 9.17) is 0 Å². The minimum atomic E-state index is -4.89. The number of nitro groups is 1. The number of rotatable bonds is 3. The summed E-state index contributed by atoms with van der Waals surface area (Å²) in [6.07, 6.45) is -6.33. The second kappa shape index (κ2) is 8.01. The summed E-state index contributed by atoms with van der Waals surface area (Å²) < 4.78 is 52.3. The fourth-order valence-corrected chi connectivity index (χ4v) is 4.85. The van der Waals surface area contributed by atoms with Crippen LogP contribution in [-0.2, 0) is 11.8 Å². The predicted molar refractivity (Wildman–Crippen MR) is 111 cm³/mol. The van der Waals surface area contributed by atoms with Crippen LogP contribution in [0.1, 0.15) is 17.5 Å². The van der Waals surface area contributed by atoms with E-state index in [0.29, 0.717) is 23.5 Å². The van der Waals surface area contributed by atoms with Crippen LogP contribution in [0, 0.1) is 15.9 Å². The highest BCUT2D eigenvalue weighted by Gasteiger charge is 2.43. The molecule has 0 unspecified atom stereocenters. The van der Waals surface area contributed by atoms with E-state index in [2.05, 4.69) is 4.98 Å². The average Bonchev–Trinajstić information content (AvgIpc) is 2.74. The van der Waals surface area contributed by atoms with Gasteiger partial charge in [0.15, 0.2) is 5.13 Å². The van der Waals surface area contributed by atoms with Crippen LogP contribution in [0.5, 0.6) is 0 Å². The van der Waals surface area contributed by atoms with E-state index in [0.717, 1.165) is 12.1 Å². The van der Waals surface area contributed by atoms with Crippen molar-refractivity contribution in [3.8, 4) is 0 Å². The predicted octanol–water partition coefficient (Wildman–Crippen LogP) is 3.18. The van der Waals surface area contributed by atoms with Crippen molar-refractivity contribution in [2.75, 3.05) is 18.0 Å². The number of halogens is 4. The van der Waals surface area contributed by atoms with Crippen molar-refractivity contribution in [3.63, 3.8) is 0 Å². The van der Waals surface area contributed by atoms with Crippen molar-refractivity contribution in [2.24, 2.45) is 0 Å². The van der Waals surface area contributed by atoms with Crippen LogP contribution in [0.3, 0.4) is 0 Å². The third-order valence-corrected chi connectivity index (χ3v) is 6.70. The fraction of sp³-hybridized carbons (Fsp3) is 0.300. The maximum atomic E-state index is 13.2. The van der Waals surface area contributed by atoms with Gasteiger partial charge in [0.2, 0.25) is 0 Å². The Morgan fingerprint density at radius 1 is 1.24 bits per heavy atom. The van der Waals surface area contributed by atoms with Gasteiger partial charge in [-0.15, -0.1) is 0 Å². The smallest absolute Gasteiger partial charge is 0.388 e. The van der Waals surface area contributed by atoms with Gasteiger partial charge in [-0.2, -0.15) is 18.2 Å². The summed E-state index contributed by atoms with van der Waals surface area (Å²) in [5.41, 5.74) is -4.73. The summed E-state index contributed by atoms with van der Waals surface area (Å²) in [6, 6.07) is 5.83. The first-order valence-electron chi connectivity index (χ1n) is 9.52. The normalized spacial score (nSPS) is 21.4. The number of alkyl halides is 3. The lowest BCUT2D eigenvalue weighted by Crippen LogP contribution is -2.54. The zero-order chi connectivity index (χ0) is 24.1. The molecule has 1 aromatic heterocycles. The van der Waals surface area contributed by atoms with Crippen molar-refractivity contribution in [1.29, 1.82) is 0 Å². The lowest BCUT2D eigenvalue weighted by molar-refractivity contribution is -0.383. The van der Waals surface area contributed by atoms with Crippen LogP contribution in [0.25, 0.3) is 10.1 Å². The van der Waals surface area contributed by atoms with Gasteiger partial charge in [0.25, 0.3) is 11.2 Å². The Balaban J connectivity index is 1.72. The van der Waals surface area contributed by atoms with Gasteiger partial charge in [0, 0.05) is 25.6 Å². The van der Waals surface area contributed by atoms with E-state index < -0.39 is 50.8 Å². The van der Waals surface area contributed by atoms with Gasteiger partial charge >= 0.3 is 6.18 Å². The van der Waals surface area contributed by atoms with Gasteiger partial charge < -0.3 is 15.1 Å². The van der Waals surface area contributed by atoms with Crippen LogP contribution < -0.4 is 10.5 Å². The lowest BCUT2D eigenvalue weighted by Gasteiger charge is -2.42. The molecule has 2 atom stereocenters. The molecule has 0 aliphatic carbocycles. The Morgan fingerprint density at radius 3 is 2.48 bits per heavy atom. The van der Waals surface area contributed by atoms with Crippen molar-refractivity contribution >= 4 is 32.2 Å². The van der Waals surface area contributed by atoms with Crippen LogP contribution in [0.2, 0.25) is 0 Å². The molecule has 0 radical (unpaired) electrons. The highest BCUT2D eigenvalue weighted by Crippen LogP contribution is 2.40. The number of aliphatic hydroxyl groups is 2. The van der Waals surface area contributed by atoms with Gasteiger partial charge in [-0.05, 0) is 23.8 Å². The van der Waals surface area contributed by atoms with Crippen LogP contribution in [-0.4, -0.2) is 39.3 Å². The molecule has 0 amide bonds. The Labute approximate surface area is 186 Å². The minimum Gasteiger partial charge on any atom is -0.388 e. The van der Waals surface area contributed by atoms with Crippen molar-refractivity contribution in [3.05, 3.63) is 73.8 Å². The highest BCUT2D eigenvalue weighted by atomic mass is 32.1. The van der Waals surface area contributed by atoms with Crippen LogP contribution >= 0.6 is 11.3 Å².